The molecular formula is C8H14O3. The Kier molecular flexibility index (Phi) is 3.02. The number of carbonyl (C=O) groups excluding carboxylic acids is 1. The van der Waals surface area contributed by atoms with Crippen molar-refractivity contribution in [3.8, 4) is 0 Å². The number of hydrogen-bond donors (Lipinski definition) is 1. The third kappa shape index (κ3) is 2.99. The standard InChI is InChI=1S/C8H14O3/c1-6(9)4-8-5-7(10)2-3-11-8/h7-8,10H,2-5H2,1H3/t7-,8?/m0/s1. The van der Waals surface area contributed by atoms with Gasteiger partial charge in [0.1, 0.15) is 5.78 Å². The van der Waals surface area contributed by atoms with E-state index in [9.17, 15) is 9.90 Å². The predicted octanol–water partition coefficient (Wildman–Crippen LogP) is 0.505. The van der Waals surface area contributed by atoms with Crippen molar-refractivity contribution in [1.29, 1.82) is 0 Å². The van der Waals surface area contributed by atoms with Gasteiger partial charge in [-0.05, 0) is 13.3 Å². The van der Waals surface area contributed by atoms with Gasteiger partial charge in [0.25, 0.3) is 0 Å². The van der Waals surface area contributed by atoms with Crippen LogP contribution in [0.4, 0.5) is 0 Å². The highest BCUT2D eigenvalue weighted by Gasteiger charge is 2.21. The number of aliphatic hydroxyl groups is 1. The molecule has 3 heteroatoms. The van der Waals surface area contributed by atoms with Gasteiger partial charge in [-0.25, -0.2) is 0 Å². The van der Waals surface area contributed by atoms with E-state index >= 15 is 0 Å². The Morgan fingerprint density at radius 2 is 2.45 bits per heavy atom. The largest absolute Gasteiger partial charge is 0.393 e. The van der Waals surface area contributed by atoms with Crippen LogP contribution in [0.25, 0.3) is 0 Å². The van der Waals surface area contributed by atoms with E-state index in [0.29, 0.717) is 25.9 Å². The van der Waals surface area contributed by atoms with E-state index in [1.165, 1.54) is 0 Å². The first kappa shape index (κ1) is 8.68. The summed E-state index contributed by atoms with van der Waals surface area (Å²) in [6.07, 6.45) is 1.44. The number of ketones is 1. The second kappa shape index (κ2) is 3.83. The van der Waals surface area contributed by atoms with Crippen molar-refractivity contribution in [3.05, 3.63) is 0 Å². The van der Waals surface area contributed by atoms with Gasteiger partial charge in [-0.15, -0.1) is 0 Å². The molecule has 1 aliphatic heterocycles. The summed E-state index contributed by atoms with van der Waals surface area (Å²) >= 11 is 0. The van der Waals surface area contributed by atoms with Crippen molar-refractivity contribution in [2.45, 2.75) is 38.4 Å². The number of ether oxygens (including phenoxy) is 1. The van der Waals surface area contributed by atoms with E-state index in [0.717, 1.165) is 0 Å². The van der Waals surface area contributed by atoms with Crippen LogP contribution in [-0.2, 0) is 9.53 Å². The van der Waals surface area contributed by atoms with Crippen LogP contribution < -0.4 is 0 Å². The van der Waals surface area contributed by atoms with Gasteiger partial charge in [-0.1, -0.05) is 0 Å². The van der Waals surface area contributed by atoms with Crippen molar-refractivity contribution < 1.29 is 14.6 Å². The van der Waals surface area contributed by atoms with Crippen LogP contribution in [0.5, 0.6) is 0 Å². The van der Waals surface area contributed by atoms with Crippen LogP contribution in [0.15, 0.2) is 0 Å². The monoisotopic (exact) mass is 158 g/mol. The van der Waals surface area contributed by atoms with Gasteiger partial charge in [0, 0.05) is 19.4 Å². The van der Waals surface area contributed by atoms with Crippen LogP contribution in [0, 0.1) is 0 Å². The fourth-order valence-electron chi connectivity index (χ4n) is 1.32. The summed E-state index contributed by atoms with van der Waals surface area (Å²) in [5.41, 5.74) is 0. The molecule has 0 amide bonds. The minimum absolute atomic E-state index is 0.0451. The van der Waals surface area contributed by atoms with Crippen LogP contribution in [-0.4, -0.2) is 29.7 Å². The average Bonchev–Trinajstić information content (AvgIpc) is 1.85. The van der Waals surface area contributed by atoms with Crippen LogP contribution in [0.2, 0.25) is 0 Å². The molecule has 2 atom stereocenters. The van der Waals surface area contributed by atoms with Crippen molar-refractivity contribution >= 4 is 5.78 Å². The molecule has 0 aliphatic carbocycles. The Bertz CT molecular complexity index is 144. The van der Waals surface area contributed by atoms with Gasteiger partial charge in [-0.2, -0.15) is 0 Å². The van der Waals surface area contributed by atoms with Crippen molar-refractivity contribution in [2.75, 3.05) is 6.61 Å². The minimum Gasteiger partial charge on any atom is -0.393 e. The summed E-state index contributed by atoms with van der Waals surface area (Å²) in [7, 11) is 0. The Morgan fingerprint density at radius 3 is 3.00 bits per heavy atom. The fraction of sp³-hybridized carbons (Fsp3) is 0.875. The Morgan fingerprint density at radius 1 is 1.73 bits per heavy atom. The number of hydrogen-bond acceptors (Lipinski definition) is 3. The topological polar surface area (TPSA) is 46.5 Å². The van der Waals surface area contributed by atoms with E-state index in [1.807, 2.05) is 0 Å². The van der Waals surface area contributed by atoms with Crippen LogP contribution in [0.1, 0.15) is 26.2 Å². The molecule has 0 aromatic heterocycles. The number of carbonyl (C=O) groups is 1. The van der Waals surface area contributed by atoms with E-state index in [-0.39, 0.29) is 18.0 Å². The van der Waals surface area contributed by atoms with Gasteiger partial charge in [0.05, 0.1) is 12.2 Å². The maximum absolute atomic E-state index is 10.7. The number of Topliss-reactive ketones (excluding diaryl/α,β-unsaturated/α-hetero) is 1. The van der Waals surface area contributed by atoms with Crippen molar-refractivity contribution in [3.63, 3.8) is 0 Å². The first-order valence-electron chi connectivity index (χ1n) is 3.97. The molecule has 0 bridgehead atoms. The highest BCUT2D eigenvalue weighted by molar-refractivity contribution is 5.75. The number of rotatable bonds is 2. The van der Waals surface area contributed by atoms with E-state index < -0.39 is 0 Å². The summed E-state index contributed by atoms with van der Waals surface area (Å²) in [6, 6.07) is 0. The molecule has 0 spiro atoms. The molecule has 0 aromatic rings. The lowest BCUT2D eigenvalue weighted by molar-refractivity contribution is -0.122. The van der Waals surface area contributed by atoms with Gasteiger partial charge in [0.15, 0.2) is 0 Å². The summed E-state index contributed by atoms with van der Waals surface area (Å²) in [6.45, 7) is 2.13. The Labute approximate surface area is 66.4 Å². The van der Waals surface area contributed by atoms with Crippen molar-refractivity contribution in [2.24, 2.45) is 0 Å². The highest BCUT2D eigenvalue weighted by atomic mass is 16.5. The lowest BCUT2D eigenvalue weighted by Crippen LogP contribution is -2.30. The SMILES string of the molecule is CC(=O)CC1C[C@@H](O)CCO1. The molecule has 0 aromatic carbocycles. The second-order valence-electron chi connectivity index (χ2n) is 3.08. The van der Waals surface area contributed by atoms with Crippen LogP contribution in [0.3, 0.4) is 0 Å². The molecular weight excluding hydrogens is 144 g/mol. The molecule has 1 saturated heterocycles. The third-order valence-electron chi connectivity index (χ3n) is 1.85. The summed E-state index contributed by atoms with van der Waals surface area (Å²) in [5, 5.41) is 9.20. The minimum atomic E-state index is -0.270. The van der Waals surface area contributed by atoms with Gasteiger partial charge < -0.3 is 9.84 Å². The zero-order chi connectivity index (χ0) is 8.27. The highest BCUT2D eigenvalue weighted by Crippen LogP contribution is 2.16. The predicted molar refractivity (Wildman–Crippen MR) is 40.3 cm³/mol. The van der Waals surface area contributed by atoms with Gasteiger partial charge >= 0.3 is 0 Å². The van der Waals surface area contributed by atoms with Crippen LogP contribution >= 0.6 is 0 Å². The average molecular weight is 158 g/mol. The first-order valence-corrected chi connectivity index (χ1v) is 3.97. The summed E-state index contributed by atoms with van der Waals surface area (Å²) < 4.78 is 5.28. The van der Waals surface area contributed by atoms with E-state index in [4.69, 9.17) is 4.74 Å². The fourth-order valence-corrected chi connectivity index (χ4v) is 1.32. The smallest absolute Gasteiger partial charge is 0.132 e. The molecule has 1 heterocycles. The third-order valence-corrected chi connectivity index (χ3v) is 1.85. The zero-order valence-corrected chi connectivity index (χ0v) is 6.75. The molecule has 0 radical (unpaired) electrons. The Balaban J connectivity index is 2.28. The molecule has 11 heavy (non-hydrogen) atoms. The maximum atomic E-state index is 10.7. The molecule has 1 aliphatic rings. The zero-order valence-electron chi connectivity index (χ0n) is 6.75. The molecule has 1 unspecified atom stereocenters. The van der Waals surface area contributed by atoms with Crippen molar-refractivity contribution in [1.82, 2.24) is 0 Å². The molecule has 1 rings (SSSR count). The summed E-state index contributed by atoms with van der Waals surface area (Å²) in [5.74, 6) is 0.129. The first-order chi connectivity index (χ1) is 5.18. The molecule has 1 N–H and O–H groups in total. The van der Waals surface area contributed by atoms with E-state index in [1.54, 1.807) is 6.92 Å². The van der Waals surface area contributed by atoms with E-state index in [2.05, 4.69) is 0 Å². The lowest BCUT2D eigenvalue weighted by Gasteiger charge is -2.25. The normalized spacial score (nSPS) is 31.8. The van der Waals surface area contributed by atoms with Gasteiger partial charge in [0.2, 0.25) is 0 Å². The molecule has 1 fully saturated rings. The second-order valence-corrected chi connectivity index (χ2v) is 3.08. The van der Waals surface area contributed by atoms with Gasteiger partial charge in [-0.3, -0.25) is 4.79 Å². The molecule has 0 saturated carbocycles. The quantitative estimate of drug-likeness (QED) is 0.636. The molecule has 64 valence electrons. The number of aliphatic hydroxyl groups excluding tert-OH is 1. The lowest BCUT2D eigenvalue weighted by atomic mass is 10.0. The summed E-state index contributed by atoms with van der Waals surface area (Å²) in [4.78, 5) is 10.7. The molecule has 3 nitrogen and oxygen atoms in total. The Hall–Kier alpha value is -0.410. The maximum Gasteiger partial charge on any atom is 0.132 e.